The maximum absolute atomic E-state index is 15.7. The van der Waals surface area contributed by atoms with Gasteiger partial charge in [0.05, 0.1) is 29.3 Å². The van der Waals surface area contributed by atoms with Gasteiger partial charge in [0.25, 0.3) is 0 Å². The highest BCUT2D eigenvalue weighted by atomic mass is 19.1. The summed E-state index contributed by atoms with van der Waals surface area (Å²) in [5, 5.41) is 7.12. The summed E-state index contributed by atoms with van der Waals surface area (Å²) in [6.45, 7) is 12.0. The number of hydrogen-bond acceptors (Lipinski definition) is 3. The van der Waals surface area contributed by atoms with E-state index >= 15 is 8.78 Å². The average Bonchev–Trinajstić information content (AvgIpc) is 3.20. The van der Waals surface area contributed by atoms with Crippen LogP contribution in [0.4, 0.5) is 19.3 Å². The minimum Gasteiger partial charge on any atom is -0.351 e. The molecule has 1 aromatic heterocycles. The van der Waals surface area contributed by atoms with Gasteiger partial charge < -0.3 is 16.0 Å². The Morgan fingerprint density at radius 3 is 2.29 bits per heavy atom. The van der Waals surface area contributed by atoms with Crippen LogP contribution in [-0.4, -0.2) is 32.2 Å². The second kappa shape index (κ2) is 10.2. The van der Waals surface area contributed by atoms with Crippen molar-refractivity contribution in [2.75, 3.05) is 5.32 Å². The van der Waals surface area contributed by atoms with Crippen molar-refractivity contribution in [3.63, 3.8) is 0 Å². The molecular formula is C29H35F2N5O2. The van der Waals surface area contributed by atoms with Crippen LogP contribution in [0, 0.1) is 17.6 Å². The lowest BCUT2D eigenvalue weighted by Crippen LogP contribution is -2.52. The maximum Gasteiger partial charge on any atom is 0.316 e. The molecule has 1 aliphatic rings. The minimum absolute atomic E-state index is 0.00381. The second-order valence-corrected chi connectivity index (χ2v) is 10.7. The highest BCUT2D eigenvalue weighted by molar-refractivity contribution is 5.88. The third-order valence-electron chi connectivity index (χ3n) is 7.22. The molecule has 0 atom stereocenters. The summed E-state index contributed by atoms with van der Waals surface area (Å²) in [7, 11) is 0. The van der Waals surface area contributed by atoms with E-state index < -0.39 is 23.2 Å². The zero-order valence-electron chi connectivity index (χ0n) is 22.8. The molecule has 1 aliphatic heterocycles. The van der Waals surface area contributed by atoms with E-state index in [4.69, 9.17) is 10.8 Å². The summed E-state index contributed by atoms with van der Waals surface area (Å²) in [5.41, 5.74) is 8.97. The van der Waals surface area contributed by atoms with Crippen LogP contribution in [0.3, 0.4) is 0 Å². The number of nitrogens with one attached hydrogen (secondary N) is 1. The molecule has 0 saturated heterocycles. The Labute approximate surface area is 222 Å². The summed E-state index contributed by atoms with van der Waals surface area (Å²) in [6.07, 6.45) is 1.89. The molecule has 0 bridgehead atoms. The third-order valence-corrected chi connectivity index (χ3v) is 7.22. The number of urea groups is 1. The number of amides is 3. The van der Waals surface area contributed by atoms with E-state index in [1.54, 1.807) is 9.58 Å². The number of hydrogen-bond donors (Lipinski definition) is 2. The van der Waals surface area contributed by atoms with Crippen molar-refractivity contribution in [1.29, 1.82) is 0 Å². The van der Waals surface area contributed by atoms with Crippen molar-refractivity contribution >= 4 is 17.6 Å². The minimum atomic E-state index is -0.993. The molecule has 0 spiro atoms. The number of nitrogens with zero attached hydrogens (tertiary/aromatic N) is 3. The summed E-state index contributed by atoms with van der Waals surface area (Å²) < 4.78 is 32.6. The molecule has 38 heavy (non-hydrogen) atoms. The van der Waals surface area contributed by atoms with Gasteiger partial charge in [-0.3, -0.25) is 4.79 Å². The van der Waals surface area contributed by atoms with Crippen LogP contribution in [0.15, 0.2) is 30.3 Å². The SMILES string of the molecule is CCc1cccc(CC)c1-n1nc2c(c1-c1cc(F)c(NC(N)=O)cc1F)CN(C(=O)C(C)C)C(C)(C)C2. The number of fused-ring (bicyclic) bond motifs is 1. The highest BCUT2D eigenvalue weighted by Crippen LogP contribution is 2.41. The fourth-order valence-electron chi connectivity index (χ4n) is 5.25. The predicted molar refractivity (Wildman–Crippen MR) is 144 cm³/mol. The number of benzene rings is 2. The first kappa shape index (κ1) is 27.3. The van der Waals surface area contributed by atoms with Crippen LogP contribution < -0.4 is 11.1 Å². The number of primary amides is 1. The van der Waals surface area contributed by atoms with Crippen molar-refractivity contribution in [2.24, 2.45) is 11.7 Å². The van der Waals surface area contributed by atoms with Crippen molar-refractivity contribution in [2.45, 2.75) is 72.9 Å². The number of aryl methyl sites for hydroxylation is 2. The van der Waals surface area contributed by atoms with Crippen molar-refractivity contribution in [3.05, 3.63) is 64.4 Å². The van der Waals surface area contributed by atoms with Gasteiger partial charge in [0, 0.05) is 35.1 Å². The van der Waals surface area contributed by atoms with E-state index in [1.807, 2.05) is 59.7 Å². The number of halogens is 2. The average molecular weight is 524 g/mol. The molecule has 202 valence electrons. The quantitative estimate of drug-likeness (QED) is 0.431. The molecule has 7 nitrogen and oxygen atoms in total. The maximum atomic E-state index is 15.7. The first-order valence-corrected chi connectivity index (χ1v) is 13.0. The predicted octanol–water partition coefficient (Wildman–Crippen LogP) is 5.75. The van der Waals surface area contributed by atoms with Gasteiger partial charge in [-0.15, -0.1) is 0 Å². The number of para-hydroxylation sites is 1. The van der Waals surface area contributed by atoms with E-state index in [-0.39, 0.29) is 29.6 Å². The number of carbonyl (C=O) groups excluding carboxylic acids is 2. The number of aromatic nitrogens is 2. The molecule has 0 fully saturated rings. The monoisotopic (exact) mass is 523 g/mol. The first-order valence-electron chi connectivity index (χ1n) is 13.0. The van der Waals surface area contributed by atoms with Gasteiger partial charge >= 0.3 is 6.03 Å². The molecule has 2 heterocycles. The fraction of sp³-hybridized carbons (Fsp3) is 0.414. The van der Waals surface area contributed by atoms with Gasteiger partial charge in [0.15, 0.2) is 0 Å². The van der Waals surface area contributed by atoms with Gasteiger partial charge in [-0.05, 0) is 43.9 Å². The molecule has 0 aliphatic carbocycles. The van der Waals surface area contributed by atoms with Crippen LogP contribution in [0.1, 0.15) is 63.9 Å². The zero-order chi connectivity index (χ0) is 27.9. The highest BCUT2D eigenvalue weighted by Gasteiger charge is 2.41. The first-order chi connectivity index (χ1) is 17.9. The number of anilines is 1. The third kappa shape index (κ3) is 4.77. The van der Waals surface area contributed by atoms with E-state index in [9.17, 15) is 9.59 Å². The normalized spacial score (nSPS) is 14.5. The standard InChI is InChI=1S/C29H35F2N5O2/c1-7-17-10-9-11-18(8-2)25(17)36-26(19-12-22(31)23(13-21(19)30)33-28(32)38)20-15-35(27(37)16(3)4)29(5,6)14-24(20)34-36/h9-13,16H,7-8,14-15H2,1-6H3,(H3,32,33,38). The molecule has 4 rings (SSSR count). The Morgan fingerprint density at radius 2 is 1.74 bits per heavy atom. The molecule has 3 aromatic rings. The molecule has 2 aromatic carbocycles. The van der Waals surface area contributed by atoms with Gasteiger partial charge in [0.2, 0.25) is 5.91 Å². The van der Waals surface area contributed by atoms with Crippen LogP contribution >= 0.6 is 0 Å². The Hall–Kier alpha value is -3.75. The summed E-state index contributed by atoms with van der Waals surface area (Å²) in [6, 6.07) is 7.00. The fourth-order valence-corrected chi connectivity index (χ4v) is 5.25. The Kier molecular flexibility index (Phi) is 7.32. The molecular weight excluding hydrogens is 488 g/mol. The second-order valence-electron chi connectivity index (χ2n) is 10.7. The van der Waals surface area contributed by atoms with Crippen LogP contribution in [-0.2, 0) is 30.6 Å². The van der Waals surface area contributed by atoms with Gasteiger partial charge in [0.1, 0.15) is 11.6 Å². The van der Waals surface area contributed by atoms with Gasteiger partial charge in [-0.25, -0.2) is 18.3 Å². The molecule has 3 N–H and O–H groups in total. The molecule has 0 radical (unpaired) electrons. The smallest absolute Gasteiger partial charge is 0.316 e. The number of carbonyl (C=O) groups is 2. The van der Waals surface area contributed by atoms with Crippen molar-refractivity contribution < 1.29 is 18.4 Å². The summed E-state index contributed by atoms with van der Waals surface area (Å²) in [5.74, 6) is -1.81. The van der Waals surface area contributed by atoms with Crippen molar-refractivity contribution in [3.8, 4) is 16.9 Å². The molecule has 0 unspecified atom stereocenters. The van der Waals surface area contributed by atoms with E-state index in [1.165, 1.54) is 0 Å². The summed E-state index contributed by atoms with van der Waals surface area (Å²) in [4.78, 5) is 26.3. The Morgan fingerprint density at radius 1 is 1.11 bits per heavy atom. The van der Waals surface area contributed by atoms with Gasteiger partial charge in [-0.1, -0.05) is 45.9 Å². The Bertz CT molecular complexity index is 1390. The van der Waals surface area contributed by atoms with Gasteiger partial charge in [-0.2, -0.15) is 5.10 Å². The molecule has 0 saturated carbocycles. The number of nitrogens with two attached hydrogens (primary N) is 1. The zero-order valence-corrected chi connectivity index (χ0v) is 22.8. The lowest BCUT2D eigenvalue weighted by atomic mass is 9.86. The largest absolute Gasteiger partial charge is 0.351 e. The van der Waals surface area contributed by atoms with E-state index in [0.717, 1.165) is 47.5 Å². The Balaban J connectivity index is 2.05. The van der Waals surface area contributed by atoms with Crippen LogP contribution in [0.5, 0.6) is 0 Å². The lowest BCUT2D eigenvalue weighted by Gasteiger charge is -2.43. The number of rotatable bonds is 6. The lowest BCUT2D eigenvalue weighted by molar-refractivity contribution is -0.141. The van der Waals surface area contributed by atoms with Crippen LogP contribution in [0.25, 0.3) is 16.9 Å². The topological polar surface area (TPSA) is 93.2 Å². The van der Waals surface area contributed by atoms with Crippen LogP contribution in [0.2, 0.25) is 0 Å². The molecule has 9 heteroatoms. The van der Waals surface area contributed by atoms with E-state index in [2.05, 4.69) is 5.32 Å². The van der Waals surface area contributed by atoms with Crippen molar-refractivity contribution in [1.82, 2.24) is 14.7 Å². The van der Waals surface area contributed by atoms with E-state index in [0.29, 0.717) is 17.7 Å². The summed E-state index contributed by atoms with van der Waals surface area (Å²) >= 11 is 0. The molecule has 3 amide bonds.